The fraction of sp³-hybridized carbons (Fsp3) is 0.529. The molecule has 0 bridgehead atoms. The van der Waals surface area contributed by atoms with Gasteiger partial charge in [0.2, 0.25) is 10.0 Å². The largest absolute Gasteiger partial charge is 0.371 e. The van der Waals surface area contributed by atoms with E-state index in [9.17, 15) is 8.42 Å². The summed E-state index contributed by atoms with van der Waals surface area (Å²) in [5.74, 6) is 0. The molecule has 0 saturated carbocycles. The van der Waals surface area contributed by atoms with Crippen molar-refractivity contribution in [2.75, 3.05) is 13.2 Å². The fourth-order valence-electron chi connectivity index (χ4n) is 2.59. The van der Waals surface area contributed by atoms with Crippen molar-refractivity contribution in [3.8, 4) is 0 Å². The maximum atomic E-state index is 13.1. The third kappa shape index (κ3) is 3.42. The molecule has 1 aromatic carbocycles. The molecule has 0 radical (unpaired) electrons. The average Bonchev–Trinajstić information content (AvgIpc) is 2.46. The van der Waals surface area contributed by atoms with Crippen LogP contribution in [0.15, 0.2) is 41.8 Å². The van der Waals surface area contributed by atoms with Gasteiger partial charge in [0, 0.05) is 6.54 Å². The van der Waals surface area contributed by atoms with Crippen molar-refractivity contribution in [2.45, 2.75) is 44.7 Å². The molecule has 2 rings (SSSR count). The number of morpholine rings is 1. The second-order valence-electron chi connectivity index (χ2n) is 6.88. The Hall–Kier alpha value is -1.17. The Kier molecular flexibility index (Phi) is 4.80. The maximum Gasteiger partial charge on any atom is 0.243 e. The topological polar surface area (TPSA) is 46.6 Å². The van der Waals surface area contributed by atoms with Crippen LogP contribution in [0.5, 0.6) is 0 Å². The molecule has 0 aliphatic carbocycles. The van der Waals surface area contributed by atoms with Gasteiger partial charge in [0.15, 0.2) is 0 Å². The van der Waals surface area contributed by atoms with E-state index in [2.05, 4.69) is 6.58 Å². The highest BCUT2D eigenvalue weighted by atomic mass is 32.2. The Morgan fingerprint density at radius 3 is 2.36 bits per heavy atom. The molecule has 4 nitrogen and oxygen atoms in total. The first kappa shape index (κ1) is 17.2. The minimum atomic E-state index is -3.55. The third-order valence-electron chi connectivity index (χ3n) is 4.07. The summed E-state index contributed by atoms with van der Waals surface area (Å²) in [6.45, 7) is 12.5. The molecule has 1 aromatic rings. The van der Waals surface area contributed by atoms with Crippen LogP contribution in [0.25, 0.3) is 0 Å². The van der Waals surface area contributed by atoms with Crippen LogP contribution in [0.4, 0.5) is 0 Å². The minimum absolute atomic E-state index is 0.199. The number of hydrogen-bond acceptors (Lipinski definition) is 3. The first-order valence-electron chi connectivity index (χ1n) is 7.49. The van der Waals surface area contributed by atoms with Gasteiger partial charge in [-0.15, -0.1) is 6.58 Å². The van der Waals surface area contributed by atoms with E-state index < -0.39 is 10.0 Å². The molecule has 122 valence electrons. The Morgan fingerprint density at radius 1 is 1.27 bits per heavy atom. The predicted octanol–water partition coefficient (Wildman–Crippen LogP) is 2.99. The van der Waals surface area contributed by atoms with Crippen LogP contribution in [0, 0.1) is 12.3 Å². The molecule has 2 atom stereocenters. The Labute approximate surface area is 133 Å². The van der Waals surface area contributed by atoms with E-state index in [4.69, 9.17) is 4.74 Å². The van der Waals surface area contributed by atoms with Gasteiger partial charge < -0.3 is 4.74 Å². The summed E-state index contributed by atoms with van der Waals surface area (Å²) in [7, 11) is -3.55. The van der Waals surface area contributed by atoms with Gasteiger partial charge in [-0.2, -0.15) is 4.31 Å². The summed E-state index contributed by atoms with van der Waals surface area (Å²) in [4.78, 5) is 0.331. The average molecular weight is 323 g/mol. The molecule has 1 heterocycles. The summed E-state index contributed by atoms with van der Waals surface area (Å²) in [6.07, 6.45) is 1.40. The van der Waals surface area contributed by atoms with E-state index in [0.717, 1.165) is 5.56 Å². The molecule has 0 N–H and O–H groups in total. The van der Waals surface area contributed by atoms with Crippen LogP contribution >= 0.6 is 0 Å². The van der Waals surface area contributed by atoms with Crippen molar-refractivity contribution < 1.29 is 13.2 Å². The number of ether oxygens (including phenoxy) is 1. The monoisotopic (exact) mass is 323 g/mol. The van der Waals surface area contributed by atoms with Crippen molar-refractivity contribution in [2.24, 2.45) is 5.41 Å². The van der Waals surface area contributed by atoms with E-state index in [1.165, 1.54) is 0 Å². The standard InChI is InChI=1S/C17H25NO3S/c1-6-14-11-18(16(12-21-14)17(3,4)5)22(19,20)15-9-7-13(2)8-10-15/h6-10,14,16H,1,11-12H2,2-5H3/t14-,16+/m0/s1. The summed E-state index contributed by atoms with van der Waals surface area (Å²) in [5.41, 5.74) is 0.835. The van der Waals surface area contributed by atoms with Gasteiger partial charge in [-0.05, 0) is 24.5 Å². The lowest BCUT2D eigenvalue weighted by molar-refractivity contribution is -0.0405. The molecule has 0 spiro atoms. The molecule has 1 aliphatic rings. The van der Waals surface area contributed by atoms with Gasteiger partial charge in [0.1, 0.15) is 0 Å². The molecule has 0 amide bonds. The lowest BCUT2D eigenvalue weighted by Gasteiger charge is -2.44. The van der Waals surface area contributed by atoms with Crippen molar-refractivity contribution >= 4 is 10.0 Å². The molecule has 1 fully saturated rings. The lowest BCUT2D eigenvalue weighted by atomic mass is 9.86. The fourth-order valence-corrected chi connectivity index (χ4v) is 4.40. The summed E-state index contributed by atoms with van der Waals surface area (Å²) < 4.78 is 33.4. The van der Waals surface area contributed by atoms with Gasteiger partial charge in [-0.3, -0.25) is 0 Å². The molecular formula is C17H25NO3S. The highest BCUT2D eigenvalue weighted by Crippen LogP contribution is 2.32. The minimum Gasteiger partial charge on any atom is -0.371 e. The van der Waals surface area contributed by atoms with Crippen molar-refractivity contribution in [1.82, 2.24) is 4.31 Å². The predicted molar refractivity (Wildman–Crippen MR) is 88.3 cm³/mol. The van der Waals surface area contributed by atoms with Crippen molar-refractivity contribution in [3.63, 3.8) is 0 Å². The Bertz CT molecular complexity index is 629. The van der Waals surface area contributed by atoms with Crippen molar-refractivity contribution in [1.29, 1.82) is 0 Å². The first-order chi connectivity index (χ1) is 10.2. The van der Waals surface area contributed by atoms with Crippen LogP contribution in [-0.4, -0.2) is 38.0 Å². The highest BCUT2D eigenvalue weighted by molar-refractivity contribution is 7.89. The zero-order valence-electron chi connectivity index (χ0n) is 13.7. The van der Waals surface area contributed by atoms with E-state index in [1.54, 1.807) is 22.5 Å². The first-order valence-corrected chi connectivity index (χ1v) is 8.93. The Balaban J connectivity index is 2.43. The number of benzene rings is 1. The van der Waals surface area contributed by atoms with E-state index in [-0.39, 0.29) is 17.6 Å². The number of aryl methyl sites for hydroxylation is 1. The Morgan fingerprint density at radius 2 is 1.86 bits per heavy atom. The molecular weight excluding hydrogens is 298 g/mol. The van der Waals surface area contributed by atoms with Crippen LogP contribution in [0.2, 0.25) is 0 Å². The van der Waals surface area contributed by atoms with Crippen LogP contribution < -0.4 is 0 Å². The van der Waals surface area contributed by atoms with E-state index in [1.807, 2.05) is 39.8 Å². The molecule has 0 aromatic heterocycles. The highest BCUT2D eigenvalue weighted by Gasteiger charge is 2.42. The summed E-state index contributed by atoms with van der Waals surface area (Å²) >= 11 is 0. The van der Waals surface area contributed by atoms with Gasteiger partial charge in [-0.1, -0.05) is 44.5 Å². The SMILES string of the molecule is C=C[C@H]1CN(S(=O)(=O)c2ccc(C)cc2)[C@@H](C(C)(C)C)CO1. The number of rotatable bonds is 3. The van der Waals surface area contributed by atoms with Gasteiger partial charge in [0.05, 0.1) is 23.6 Å². The second-order valence-corrected chi connectivity index (χ2v) is 8.77. The van der Waals surface area contributed by atoms with E-state index in [0.29, 0.717) is 18.0 Å². The number of hydrogen-bond donors (Lipinski definition) is 0. The molecule has 22 heavy (non-hydrogen) atoms. The van der Waals surface area contributed by atoms with E-state index >= 15 is 0 Å². The normalized spacial score (nSPS) is 24.2. The quantitative estimate of drug-likeness (QED) is 0.803. The maximum absolute atomic E-state index is 13.1. The van der Waals surface area contributed by atoms with Crippen molar-refractivity contribution in [3.05, 3.63) is 42.5 Å². The molecule has 5 heteroatoms. The molecule has 1 aliphatic heterocycles. The molecule has 0 unspecified atom stereocenters. The number of nitrogens with zero attached hydrogens (tertiary/aromatic N) is 1. The van der Waals surface area contributed by atoms with Crippen LogP contribution in [-0.2, 0) is 14.8 Å². The summed E-state index contributed by atoms with van der Waals surface area (Å²) in [6, 6.07) is 6.79. The van der Waals surface area contributed by atoms with Gasteiger partial charge in [0.25, 0.3) is 0 Å². The molecule has 1 saturated heterocycles. The lowest BCUT2D eigenvalue weighted by Crippen LogP contribution is -2.56. The number of sulfonamides is 1. The van der Waals surface area contributed by atoms with Gasteiger partial charge in [-0.25, -0.2) is 8.42 Å². The zero-order valence-corrected chi connectivity index (χ0v) is 14.6. The summed E-state index contributed by atoms with van der Waals surface area (Å²) in [5, 5.41) is 0. The van der Waals surface area contributed by atoms with Crippen LogP contribution in [0.1, 0.15) is 26.3 Å². The third-order valence-corrected chi connectivity index (χ3v) is 5.95. The zero-order chi connectivity index (χ0) is 16.5. The second kappa shape index (κ2) is 6.14. The van der Waals surface area contributed by atoms with Crippen LogP contribution in [0.3, 0.4) is 0 Å². The van der Waals surface area contributed by atoms with Gasteiger partial charge >= 0.3 is 0 Å². The smallest absolute Gasteiger partial charge is 0.243 e.